The fourth-order valence-corrected chi connectivity index (χ4v) is 2.39. The first-order chi connectivity index (χ1) is 13.7. The molecule has 140 valence electrons. The van der Waals surface area contributed by atoms with Crippen molar-refractivity contribution in [2.24, 2.45) is 0 Å². The second kappa shape index (κ2) is 9.05. The van der Waals surface area contributed by atoms with E-state index in [4.69, 9.17) is 14.4 Å². The average molecular weight is 375 g/mol. The molecule has 7 nitrogen and oxygen atoms in total. The molecule has 0 aliphatic rings. The van der Waals surface area contributed by atoms with Crippen LogP contribution in [0.15, 0.2) is 71.3 Å². The summed E-state index contributed by atoms with van der Waals surface area (Å²) in [6, 6.07) is 19.0. The average Bonchev–Trinajstić information content (AvgIpc) is 3.27. The molecule has 0 unspecified atom stereocenters. The molecule has 0 aliphatic heterocycles. The third kappa shape index (κ3) is 4.99. The number of amides is 2. The molecule has 0 bridgehead atoms. The van der Waals surface area contributed by atoms with Crippen LogP contribution in [-0.4, -0.2) is 18.4 Å². The number of hydrogen-bond donors (Lipinski definition) is 2. The topological polar surface area (TPSA) is 104 Å². The van der Waals surface area contributed by atoms with Crippen LogP contribution in [0.25, 0.3) is 0 Å². The van der Waals surface area contributed by atoms with Gasteiger partial charge in [-0.2, -0.15) is 5.26 Å². The highest BCUT2D eigenvalue weighted by molar-refractivity contribution is 6.02. The summed E-state index contributed by atoms with van der Waals surface area (Å²) in [5.74, 6) is -0.0325. The predicted octanol–water partition coefficient (Wildman–Crippen LogP) is 3.10. The first-order valence-corrected chi connectivity index (χ1v) is 8.48. The van der Waals surface area contributed by atoms with E-state index in [0.717, 1.165) is 5.56 Å². The molecule has 0 saturated heterocycles. The molecule has 0 radical (unpaired) electrons. The molecule has 28 heavy (non-hydrogen) atoms. The van der Waals surface area contributed by atoms with Gasteiger partial charge in [0.2, 0.25) is 0 Å². The summed E-state index contributed by atoms with van der Waals surface area (Å²) >= 11 is 0. The Balaban J connectivity index is 1.46. The van der Waals surface area contributed by atoms with Gasteiger partial charge in [0.05, 0.1) is 11.8 Å². The van der Waals surface area contributed by atoms with Crippen molar-refractivity contribution in [2.45, 2.75) is 6.54 Å². The predicted molar refractivity (Wildman–Crippen MR) is 102 cm³/mol. The minimum Gasteiger partial charge on any atom is -0.482 e. The summed E-state index contributed by atoms with van der Waals surface area (Å²) in [6.07, 6.45) is 1.43. The number of hydrogen-bond acceptors (Lipinski definition) is 5. The van der Waals surface area contributed by atoms with Gasteiger partial charge in [0.1, 0.15) is 11.8 Å². The van der Waals surface area contributed by atoms with Gasteiger partial charge in [-0.25, -0.2) is 0 Å². The van der Waals surface area contributed by atoms with Crippen molar-refractivity contribution < 1.29 is 18.7 Å². The van der Waals surface area contributed by atoms with Gasteiger partial charge >= 0.3 is 0 Å². The van der Waals surface area contributed by atoms with E-state index in [1.54, 1.807) is 60.7 Å². The van der Waals surface area contributed by atoms with Crippen LogP contribution in [0.1, 0.15) is 21.7 Å². The van der Waals surface area contributed by atoms with Crippen LogP contribution in [0.3, 0.4) is 0 Å². The molecule has 1 aromatic heterocycles. The molecular formula is C21H17N3O4. The number of nitrogens with zero attached hydrogens (tertiary/aromatic N) is 1. The van der Waals surface area contributed by atoms with Gasteiger partial charge in [0.25, 0.3) is 11.8 Å². The van der Waals surface area contributed by atoms with Crippen molar-refractivity contribution in [2.75, 3.05) is 11.9 Å². The second-order valence-electron chi connectivity index (χ2n) is 5.80. The van der Waals surface area contributed by atoms with Crippen molar-refractivity contribution >= 4 is 17.5 Å². The number of furan rings is 1. The van der Waals surface area contributed by atoms with Crippen molar-refractivity contribution in [3.63, 3.8) is 0 Å². The molecule has 2 N–H and O–H groups in total. The summed E-state index contributed by atoms with van der Waals surface area (Å²) in [4.78, 5) is 23.9. The molecule has 0 aliphatic carbocycles. The summed E-state index contributed by atoms with van der Waals surface area (Å²) in [5.41, 5.74) is 1.86. The maximum absolute atomic E-state index is 11.9. The van der Waals surface area contributed by atoms with Crippen molar-refractivity contribution in [3.8, 4) is 11.8 Å². The van der Waals surface area contributed by atoms with Gasteiger partial charge in [-0.1, -0.05) is 24.3 Å². The molecule has 0 atom stereocenters. The Morgan fingerprint density at radius 2 is 1.82 bits per heavy atom. The third-order valence-corrected chi connectivity index (χ3v) is 3.81. The number of carbonyl (C=O) groups excluding carboxylic acids is 2. The highest BCUT2D eigenvalue weighted by atomic mass is 16.5. The van der Waals surface area contributed by atoms with Gasteiger partial charge in [-0.05, 0) is 42.0 Å². The Bertz CT molecular complexity index is 989. The lowest BCUT2D eigenvalue weighted by atomic mass is 10.2. The maximum atomic E-state index is 11.9. The fraction of sp³-hybridized carbons (Fsp3) is 0.0952. The van der Waals surface area contributed by atoms with E-state index in [1.165, 1.54) is 6.26 Å². The minimum absolute atomic E-state index is 0.185. The maximum Gasteiger partial charge on any atom is 0.291 e. The zero-order valence-electron chi connectivity index (χ0n) is 14.8. The van der Waals surface area contributed by atoms with Crippen molar-refractivity contribution in [1.82, 2.24) is 5.32 Å². The number of carbonyl (C=O) groups is 2. The molecule has 0 saturated carbocycles. The van der Waals surface area contributed by atoms with E-state index in [1.807, 2.05) is 6.07 Å². The summed E-state index contributed by atoms with van der Waals surface area (Å²) < 4.78 is 10.4. The standard InChI is InChI=1S/C21H17N3O4/c22-12-16-4-1-2-5-18(16)28-14-20(25)23-13-15-7-9-17(10-8-15)24-21(26)19-6-3-11-27-19/h1-11H,13-14H2,(H,23,25)(H,24,26). The number of nitriles is 1. The molecule has 2 amide bonds. The van der Waals surface area contributed by atoms with E-state index in [9.17, 15) is 9.59 Å². The normalized spacial score (nSPS) is 9.96. The first-order valence-electron chi connectivity index (χ1n) is 8.48. The summed E-state index contributed by atoms with van der Waals surface area (Å²) in [6.45, 7) is 0.129. The first kappa shape index (κ1) is 18.7. The Morgan fingerprint density at radius 3 is 2.54 bits per heavy atom. The van der Waals surface area contributed by atoms with Crippen LogP contribution in [0.4, 0.5) is 5.69 Å². The largest absolute Gasteiger partial charge is 0.482 e. The van der Waals surface area contributed by atoms with Crippen LogP contribution in [0, 0.1) is 11.3 Å². The molecule has 0 spiro atoms. The molecule has 1 heterocycles. The number of para-hydroxylation sites is 1. The van der Waals surface area contributed by atoms with Crippen molar-refractivity contribution in [3.05, 3.63) is 83.8 Å². The summed E-state index contributed by atoms with van der Waals surface area (Å²) in [5, 5.41) is 14.5. The lowest BCUT2D eigenvalue weighted by Gasteiger charge is -2.09. The van der Waals surface area contributed by atoms with Crippen LogP contribution < -0.4 is 15.4 Å². The molecular weight excluding hydrogens is 358 g/mol. The Morgan fingerprint density at radius 1 is 1.04 bits per heavy atom. The Hall–Kier alpha value is -4.05. The van der Waals surface area contributed by atoms with Gasteiger partial charge in [-0.3, -0.25) is 9.59 Å². The zero-order valence-corrected chi connectivity index (χ0v) is 14.8. The molecule has 2 aromatic carbocycles. The molecule has 3 rings (SSSR count). The van der Waals surface area contributed by atoms with Gasteiger partial charge in [-0.15, -0.1) is 0 Å². The Kier molecular flexibility index (Phi) is 6.06. The number of benzene rings is 2. The quantitative estimate of drug-likeness (QED) is 0.660. The summed E-state index contributed by atoms with van der Waals surface area (Å²) in [7, 11) is 0. The van der Waals surface area contributed by atoms with Crippen LogP contribution in [-0.2, 0) is 11.3 Å². The third-order valence-electron chi connectivity index (χ3n) is 3.81. The second-order valence-corrected chi connectivity index (χ2v) is 5.80. The molecule has 7 heteroatoms. The lowest BCUT2D eigenvalue weighted by Crippen LogP contribution is -2.28. The van der Waals surface area contributed by atoms with Gasteiger partial charge < -0.3 is 19.8 Å². The van der Waals surface area contributed by atoms with Gasteiger partial charge in [0, 0.05) is 12.2 Å². The number of rotatable bonds is 7. The van der Waals surface area contributed by atoms with Crippen LogP contribution >= 0.6 is 0 Å². The van der Waals surface area contributed by atoms with Gasteiger partial charge in [0.15, 0.2) is 12.4 Å². The zero-order chi connectivity index (χ0) is 19.8. The Labute approximate surface area is 161 Å². The van der Waals surface area contributed by atoms with Crippen LogP contribution in [0.5, 0.6) is 5.75 Å². The molecule has 0 fully saturated rings. The highest BCUT2D eigenvalue weighted by Crippen LogP contribution is 2.16. The van der Waals surface area contributed by atoms with E-state index in [0.29, 0.717) is 23.5 Å². The van der Waals surface area contributed by atoms with Crippen LogP contribution in [0.2, 0.25) is 0 Å². The SMILES string of the molecule is N#Cc1ccccc1OCC(=O)NCc1ccc(NC(=O)c2ccco2)cc1. The minimum atomic E-state index is -0.333. The molecule has 3 aromatic rings. The lowest BCUT2D eigenvalue weighted by molar-refractivity contribution is -0.123. The monoisotopic (exact) mass is 375 g/mol. The highest BCUT2D eigenvalue weighted by Gasteiger charge is 2.09. The number of nitrogens with one attached hydrogen (secondary N) is 2. The van der Waals surface area contributed by atoms with E-state index >= 15 is 0 Å². The fourth-order valence-electron chi connectivity index (χ4n) is 2.39. The van der Waals surface area contributed by atoms with Crippen molar-refractivity contribution in [1.29, 1.82) is 5.26 Å². The van der Waals surface area contributed by atoms with E-state index in [-0.39, 0.29) is 24.2 Å². The van der Waals surface area contributed by atoms with E-state index < -0.39 is 0 Å². The number of anilines is 1. The smallest absolute Gasteiger partial charge is 0.291 e. The van der Waals surface area contributed by atoms with E-state index in [2.05, 4.69) is 10.6 Å². The number of ether oxygens (including phenoxy) is 1.